The van der Waals surface area contributed by atoms with Crippen LogP contribution in [-0.4, -0.2) is 19.6 Å². The molecular weight excluding hydrogens is 300 g/mol. The summed E-state index contributed by atoms with van der Waals surface area (Å²) in [6.07, 6.45) is 0.231. The lowest BCUT2D eigenvalue weighted by Crippen LogP contribution is -2.14. The van der Waals surface area contributed by atoms with Gasteiger partial charge >= 0.3 is 6.61 Å². The normalized spacial score (nSPS) is 10.5. The number of methoxy groups -OCH3 is 1. The maximum Gasteiger partial charge on any atom is 0.387 e. The van der Waals surface area contributed by atoms with Crippen molar-refractivity contribution in [1.29, 1.82) is 0 Å². The van der Waals surface area contributed by atoms with E-state index in [-0.39, 0.29) is 23.8 Å². The van der Waals surface area contributed by atoms with Gasteiger partial charge in [0.05, 0.1) is 13.5 Å². The third kappa shape index (κ3) is 4.42. The van der Waals surface area contributed by atoms with Crippen LogP contribution in [0.2, 0.25) is 0 Å². The minimum Gasteiger partial charge on any atom is -0.493 e. The molecule has 0 bridgehead atoms. The minimum atomic E-state index is -2.96. The molecule has 1 heterocycles. The molecule has 0 saturated carbocycles. The first-order valence-electron chi connectivity index (χ1n) is 6.03. The van der Waals surface area contributed by atoms with E-state index in [9.17, 15) is 13.6 Å². The summed E-state index contributed by atoms with van der Waals surface area (Å²) in [6, 6.07) is 8.03. The molecule has 7 heteroatoms. The lowest BCUT2D eigenvalue weighted by molar-refractivity contribution is -0.115. The van der Waals surface area contributed by atoms with Crippen LogP contribution in [0.4, 0.5) is 14.5 Å². The summed E-state index contributed by atoms with van der Waals surface area (Å²) in [5, 5.41) is 4.51. The van der Waals surface area contributed by atoms with Crippen LogP contribution in [0.25, 0.3) is 0 Å². The number of hydrogen-bond donors (Lipinski definition) is 1. The largest absolute Gasteiger partial charge is 0.493 e. The van der Waals surface area contributed by atoms with Gasteiger partial charge in [0, 0.05) is 16.6 Å². The Morgan fingerprint density at radius 1 is 1.33 bits per heavy atom. The van der Waals surface area contributed by atoms with Gasteiger partial charge in [-0.25, -0.2) is 0 Å². The Hall–Kier alpha value is -2.15. The second-order valence-corrected chi connectivity index (χ2v) is 5.08. The molecular formula is C14H13F2NO3S. The number of anilines is 1. The van der Waals surface area contributed by atoms with Gasteiger partial charge in [0.15, 0.2) is 11.5 Å². The standard InChI is InChI=1S/C14H13F2NO3S/c1-19-11-5-4-9(7-12(11)20-14(15)16)17-13(18)8-10-3-2-6-21-10/h2-7,14H,8H2,1H3,(H,17,18). The quantitative estimate of drug-likeness (QED) is 0.887. The summed E-state index contributed by atoms with van der Waals surface area (Å²) in [6.45, 7) is -2.96. The van der Waals surface area contributed by atoms with E-state index in [1.165, 1.54) is 30.6 Å². The van der Waals surface area contributed by atoms with Gasteiger partial charge in [0.25, 0.3) is 0 Å². The molecule has 21 heavy (non-hydrogen) atoms. The molecule has 0 aliphatic heterocycles. The summed E-state index contributed by atoms with van der Waals surface area (Å²) >= 11 is 1.47. The lowest BCUT2D eigenvalue weighted by atomic mass is 10.2. The molecule has 0 spiro atoms. The maximum atomic E-state index is 12.3. The Kier molecular flexibility index (Phi) is 5.10. The van der Waals surface area contributed by atoms with Gasteiger partial charge in [-0.15, -0.1) is 11.3 Å². The summed E-state index contributed by atoms with van der Waals surface area (Å²) in [5.74, 6) is -0.182. The molecule has 1 N–H and O–H groups in total. The van der Waals surface area contributed by atoms with Crippen LogP contribution >= 0.6 is 11.3 Å². The van der Waals surface area contributed by atoms with Gasteiger partial charge in [-0.2, -0.15) is 8.78 Å². The zero-order valence-electron chi connectivity index (χ0n) is 11.1. The van der Waals surface area contributed by atoms with Crippen molar-refractivity contribution in [2.75, 3.05) is 12.4 Å². The Labute approximate surface area is 124 Å². The van der Waals surface area contributed by atoms with E-state index in [0.717, 1.165) is 4.88 Å². The fraction of sp³-hybridized carbons (Fsp3) is 0.214. The topological polar surface area (TPSA) is 47.6 Å². The molecule has 4 nitrogen and oxygen atoms in total. The van der Waals surface area contributed by atoms with Crippen molar-refractivity contribution in [2.24, 2.45) is 0 Å². The van der Waals surface area contributed by atoms with Crippen LogP contribution < -0.4 is 14.8 Å². The number of ether oxygens (including phenoxy) is 2. The summed E-state index contributed by atoms with van der Waals surface area (Å²) in [7, 11) is 1.35. The van der Waals surface area contributed by atoms with E-state index in [1.54, 1.807) is 6.07 Å². The lowest BCUT2D eigenvalue weighted by Gasteiger charge is -2.12. The molecule has 0 aliphatic carbocycles. The molecule has 0 radical (unpaired) electrons. The van der Waals surface area contributed by atoms with Gasteiger partial charge < -0.3 is 14.8 Å². The molecule has 0 atom stereocenters. The van der Waals surface area contributed by atoms with Crippen molar-refractivity contribution in [2.45, 2.75) is 13.0 Å². The van der Waals surface area contributed by atoms with E-state index < -0.39 is 6.61 Å². The summed E-state index contributed by atoms with van der Waals surface area (Å²) < 4.78 is 33.9. The summed E-state index contributed by atoms with van der Waals surface area (Å²) in [5.41, 5.74) is 0.369. The minimum absolute atomic E-state index is 0.124. The van der Waals surface area contributed by atoms with Crippen LogP contribution in [0.3, 0.4) is 0 Å². The number of carbonyl (C=O) groups is 1. The molecule has 1 amide bonds. The van der Waals surface area contributed by atoms with E-state index in [0.29, 0.717) is 5.69 Å². The van der Waals surface area contributed by atoms with E-state index in [1.807, 2.05) is 17.5 Å². The number of amides is 1. The highest BCUT2D eigenvalue weighted by molar-refractivity contribution is 7.10. The fourth-order valence-electron chi connectivity index (χ4n) is 1.72. The zero-order valence-corrected chi connectivity index (χ0v) is 12.0. The first-order valence-corrected chi connectivity index (χ1v) is 6.91. The number of carbonyl (C=O) groups excluding carboxylic acids is 1. The molecule has 0 aliphatic rings. The van der Waals surface area contributed by atoms with Crippen LogP contribution in [0.15, 0.2) is 35.7 Å². The SMILES string of the molecule is COc1ccc(NC(=O)Cc2cccs2)cc1OC(F)F. The highest BCUT2D eigenvalue weighted by Gasteiger charge is 2.12. The number of alkyl halides is 2. The second-order valence-electron chi connectivity index (χ2n) is 4.05. The van der Waals surface area contributed by atoms with Crippen molar-refractivity contribution < 1.29 is 23.0 Å². The highest BCUT2D eigenvalue weighted by atomic mass is 32.1. The number of rotatable bonds is 6. The van der Waals surface area contributed by atoms with Gasteiger partial charge in [0.2, 0.25) is 5.91 Å². The molecule has 0 unspecified atom stereocenters. The molecule has 1 aromatic heterocycles. The first kappa shape index (κ1) is 15.2. The molecule has 0 saturated heterocycles. The van der Waals surface area contributed by atoms with Crippen molar-refractivity contribution >= 4 is 22.9 Å². The predicted octanol–water partition coefficient (Wildman–Crippen LogP) is 3.54. The molecule has 1 aromatic carbocycles. The van der Waals surface area contributed by atoms with Crippen molar-refractivity contribution in [3.05, 3.63) is 40.6 Å². The molecule has 2 rings (SSSR count). The maximum absolute atomic E-state index is 12.3. The third-order valence-corrected chi connectivity index (χ3v) is 3.45. The van der Waals surface area contributed by atoms with E-state index in [4.69, 9.17) is 4.74 Å². The average molecular weight is 313 g/mol. The molecule has 0 fully saturated rings. The Bertz CT molecular complexity index is 602. The van der Waals surface area contributed by atoms with Gasteiger partial charge in [-0.1, -0.05) is 6.07 Å². The first-order chi connectivity index (χ1) is 10.1. The Morgan fingerprint density at radius 2 is 2.14 bits per heavy atom. The van der Waals surface area contributed by atoms with Crippen LogP contribution in [0.5, 0.6) is 11.5 Å². The number of hydrogen-bond acceptors (Lipinski definition) is 4. The van der Waals surface area contributed by atoms with Crippen LogP contribution in [0, 0.1) is 0 Å². The van der Waals surface area contributed by atoms with Crippen LogP contribution in [-0.2, 0) is 11.2 Å². The van der Waals surface area contributed by atoms with E-state index >= 15 is 0 Å². The van der Waals surface area contributed by atoms with E-state index in [2.05, 4.69) is 10.1 Å². The Morgan fingerprint density at radius 3 is 2.76 bits per heavy atom. The van der Waals surface area contributed by atoms with Crippen LogP contribution in [0.1, 0.15) is 4.88 Å². The highest BCUT2D eigenvalue weighted by Crippen LogP contribution is 2.31. The predicted molar refractivity (Wildman–Crippen MR) is 76.3 cm³/mol. The molecule has 2 aromatic rings. The number of halogens is 2. The van der Waals surface area contributed by atoms with Gasteiger partial charge in [-0.05, 0) is 23.6 Å². The fourth-order valence-corrected chi connectivity index (χ4v) is 2.42. The third-order valence-electron chi connectivity index (χ3n) is 2.58. The van der Waals surface area contributed by atoms with Crippen molar-refractivity contribution in [3.8, 4) is 11.5 Å². The smallest absolute Gasteiger partial charge is 0.387 e. The average Bonchev–Trinajstić information content (AvgIpc) is 2.91. The monoisotopic (exact) mass is 313 g/mol. The van der Waals surface area contributed by atoms with Gasteiger partial charge in [0.1, 0.15) is 0 Å². The Balaban J connectivity index is 2.07. The van der Waals surface area contributed by atoms with Gasteiger partial charge in [-0.3, -0.25) is 4.79 Å². The number of nitrogens with one attached hydrogen (secondary N) is 1. The second kappa shape index (κ2) is 7.03. The van der Waals surface area contributed by atoms with Crippen molar-refractivity contribution in [3.63, 3.8) is 0 Å². The zero-order chi connectivity index (χ0) is 15.2. The molecule has 112 valence electrons. The number of thiophene rings is 1. The van der Waals surface area contributed by atoms with Crippen molar-refractivity contribution in [1.82, 2.24) is 0 Å². The summed E-state index contributed by atoms with van der Waals surface area (Å²) in [4.78, 5) is 12.8. The number of benzene rings is 1.